The predicted molar refractivity (Wildman–Crippen MR) is 67.2 cm³/mol. The highest BCUT2D eigenvalue weighted by atomic mass is 35.5. The zero-order valence-electron chi connectivity index (χ0n) is 10.7. The standard InChI is InChI=1S/C11H24N2O.ClH/c1-8(2)9(12)10(14)13(6)7-11(3,4)5;/h8-9H,7,12H2,1-6H3;1H/t9-;/m1./s1. The van der Waals surface area contributed by atoms with Gasteiger partial charge in [0.25, 0.3) is 0 Å². The maximum absolute atomic E-state index is 11.8. The summed E-state index contributed by atoms with van der Waals surface area (Å²) in [5.74, 6) is 0.236. The van der Waals surface area contributed by atoms with Crippen molar-refractivity contribution >= 4 is 18.3 Å². The summed E-state index contributed by atoms with van der Waals surface area (Å²) in [4.78, 5) is 13.5. The van der Waals surface area contributed by atoms with Gasteiger partial charge in [-0.25, -0.2) is 0 Å². The Labute approximate surface area is 99.8 Å². The van der Waals surface area contributed by atoms with E-state index in [2.05, 4.69) is 20.8 Å². The van der Waals surface area contributed by atoms with E-state index in [1.807, 2.05) is 20.9 Å². The van der Waals surface area contributed by atoms with Crippen LogP contribution in [0, 0.1) is 11.3 Å². The number of rotatable bonds is 3. The molecular weight excluding hydrogens is 212 g/mol. The van der Waals surface area contributed by atoms with Crippen molar-refractivity contribution in [2.45, 2.75) is 40.7 Å². The Morgan fingerprint density at radius 1 is 1.33 bits per heavy atom. The third kappa shape index (κ3) is 6.74. The highest BCUT2D eigenvalue weighted by Gasteiger charge is 2.24. The molecule has 4 heteroatoms. The van der Waals surface area contributed by atoms with Crippen molar-refractivity contribution in [2.24, 2.45) is 17.1 Å². The zero-order chi connectivity index (χ0) is 11.5. The van der Waals surface area contributed by atoms with Crippen molar-refractivity contribution in [1.29, 1.82) is 0 Å². The fourth-order valence-electron chi connectivity index (χ4n) is 1.33. The minimum absolute atomic E-state index is 0. The van der Waals surface area contributed by atoms with E-state index in [1.165, 1.54) is 0 Å². The molecule has 0 rings (SSSR count). The van der Waals surface area contributed by atoms with E-state index in [0.29, 0.717) is 0 Å². The summed E-state index contributed by atoms with van der Waals surface area (Å²) in [5, 5.41) is 0. The molecule has 92 valence electrons. The van der Waals surface area contributed by atoms with Crippen LogP contribution in [0.1, 0.15) is 34.6 Å². The summed E-state index contributed by atoms with van der Waals surface area (Å²) < 4.78 is 0. The number of carbonyl (C=O) groups is 1. The predicted octanol–water partition coefficient (Wildman–Crippen LogP) is 1.90. The molecule has 0 aromatic rings. The zero-order valence-corrected chi connectivity index (χ0v) is 11.5. The molecule has 1 atom stereocenters. The first-order valence-electron chi connectivity index (χ1n) is 5.15. The Hall–Kier alpha value is -0.280. The van der Waals surface area contributed by atoms with Gasteiger partial charge in [0.2, 0.25) is 5.91 Å². The topological polar surface area (TPSA) is 46.3 Å². The molecule has 0 fully saturated rings. The number of hydrogen-bond acceptors (Lipinski definition) is 2. The summed E-state index contributed by atoms with van der Waals surface area (Å²) in [7, 11) is 1.82. The number of amides is 1. The van der Waals surface area contributed by atoms with Crippen LogP contribution >= 0.6 is 12.4 Å². The van der Waals surface area contributed by atoms with E-state index in [-0.39, 0.29) is 35.7 Å². The monoisotopic (exact) mass is 236 g/mol. The van der Waals surface area contributed by atoms with Crippen molar-refractivity contribution in [3.63, 3.8) is 0 Å². The fraction of sp³-hybridized carbons (Fsp3) is 0.909. The lowest BCUT2D eigenvalue weighted by Crippen LogP contribution is -2.47. The van der Waals surface area contributed by atoms with Gasteiger partial charge in [0, 0.05) is 13.6 Å². The van der Waals surface area contributed by atoms with Gasteiger partial charge in [-0.1, -0.05) is 34.6 Å². The number of nitrogens with zero attached hydrogens (tertiary/aromatic N) is 1. The fourth-order valence-corrected chi connectivity index (χ4v) is 1.33. The molecule has 0 aromatic heterocycles. The minimum atomic E-state index is -0.373. The Morgan fingerprint density at radius 3 is 2.00 bits per heavy atom. The Bertz CT molecular complexity index is 199. The van der Waals surface area contributed by atoms with Gasteiger partial charge >= 0.3 is 0 Å². The van der Waals surface area contributed by atoms with Crippen LogP contribution in [0.5, 0.6) is 0 Å². The van der Waals surface area contributed by atoms with Gasteiger partial charge in [0.05, 0.1) is 6.04 Å². The molecule has 0 aromatic carbocycles. The van der Waals surface area contributed by atoms with Gasteiger partial charge in [0.15, 0.2) is 0 Å². The molecular formula is C11H25ClN2O. The van der Waals surface area contributed by atoms with E-state index >= 15 is 0 Å². The average Bonchev–Trinajstić information content (AvgIpc) is 1.98. The SMILES string of the molecule is CC(C)[C@@H](N)C(=O)N(C)CC(C)(C)C.Cl. The lowest BCUT2D eigenvalue weighted by molar-refractivity contribution is -0.133. The van der Waals surface area contributed by atoms with E-state index in [4.69, 9.17) is 5.73 Å². The second-order valence-electron chi connectivity index (χ2n) is 5.52. The molecule has 0 unspecified atom stereocenters. The van der Waals surface area contributed by atoms with Crippen molar-refractivity contribution < 1.29 is 4.79 Å². The van der Waals surface area contributed by atoms with Crippen LogP contribution < -0.4 is 5.73 Å². The Kier molecular flexibility index (Phi) is 7.23. The molecule has 0 aliphatic heterocycles. The molecule has 0 radical (unpaired) electrons. The molecule has 0 aliphatic rings. The number of hydrogen-bond donors (Lipinski definition) is 1. The van der Waals surface area contributed by atoms with Crippen LogP contribution in [0.25, 0.3) is 0 Å². The molecule has 0 spiro atoms. The van der Waals surface area contributed by atoms with Crippen molar-refractivity contribution in [3.05, 3.63) is 0 Å². The molecule has 1 amide bonds. The number of halogens is 1. The lowest BCUT2D eigenvalue weighted by atomic mass is 9.95. The third-order valence-electron chi connectivity index (χ3n) is 2.09. The summed E-state index contributed by atoms with van der Waals surface area (Å²) in [5.41, 5.74) is 5.91. The van der Waals surface area contributed by atoms with Gasteiger partial charge in [-0.15, -0.1) is 12.4 Å². The van der Waals surface area contributed by atoms with Gasteiger partial charge in [0.1, 0.15) is 0 Å². The highest BCUT2D eigenvalue weighted by molar-refractivity contribution is 5.85. The largest absolute Gasteiger partial charge is 0.344 e. The minimum Gasteiger partial charge on any atom is -0.344 e. The van der Waals surface area contributed by atoms with Gasteiger partial charge in [-0.2, -0.15) is 0 Å². The maximum Gasteiger partial charge on any atom is 0.239 e. The number of likely N-dealkylation sites (N-methyl/N-ethyl adjacent to an activating group) is 1. The van der Waals surface area contributed by atoms with E-state index in [1.54, 1.807) is 4.90 Å². The molecule has 0 aliphatic carbocycles. The van der Waals surface area contributed by atoms with Gasteiger partial charge in [-0.05, 0) is 11.3 Å². The molecule has 2 N–H and O–H groups in total. The van der Waals surface area contributed by atoms with Crippen LogP contribution in [-0.4, -0.2) is 30.4 Å². The van der Waals surface area contributed by atoms with Crippen molar-refractivity contribution in [1.82, 2.24) is 4.90 Å². The molecule has 15 heavy (non-hydrogen) atoms. The van der Waals surface area contributed by atoms with Crippen LogP contribution in [0.2, 0.25) is 0 Å². The van der Waals surface area contributed by atoms with E-state index in [0.717, 1.165) is 6.54 Å². The van der Waals surface area contributed by atoms with Gasteiger partial charge in [-0.3, -0.25) is 4.79 Å². The quantitative estimate of drug-likeness (QED) is 0.814. The van der Waals surface area contributed by atoms with Crippen LogP contribution in [0.15, 0.2) is 0 Å². The third-order valence-corrected chi connectivity index (χ3v) is 2.09. The average molecular weight is 237 g/mol. The molecule has 0 bridgehead atoms. The normalized spacial score (nSPS) is 13.3. The second-order valence-corrected chi connectivity index (χ2v) is 5.52. The first-order valence-corrected chi connectivity index (χ1v) is 5.15. The summed E-state index contributed by atoms with van der Waals surface area (Å²) in [6, 6.07) is -0.373. The maximum atomic E-state index is 11.8. The number of nitrogens with two attached hydrogens (primary N) is 1. The summed E-state index contributed by atoms with van der Waals surface area (Å²) >= 11 is 0. The van der Waals surface area contributed by atoms with Crippen LogP contribution in [0.4, 0.5) is 0 Å². The summed E-state index contributed by atoms with van der Waals surface area (Å²) in [6.07, 6.45) is 0. The van der Waals surface area contributed by atoms with Crippen molar-refractivity contribution in [3.8, 4) is 0 Å². The lowest BCUT2D eigenvalue weighted by Gasteiger charge is -2.29. The smallest absolute Gasteiger partial charge is 0.239 e. The van der Waals surface area contributed by atoms with Gasteiger partial charge < -0.3 is 10.6 Å². The molecule has 0 saturated carbocycles. The summed E-state index contributed by atoms with van der Waals surface area (Å²) in [6.45, 7) is 11.0. The van der Waals surface area contributed by atoms with E-state index < -0.39 is 0 Å². The Morgan fingerprint density at radius 2 is 1.73 bits per heavy atom. The Balaban J connectivity index is 0. The number of carbonyl (C=O) groups excluding carboxylic acids is 1. The molecule has 0 saturated heterocycles. The first kappa shape index (κ1) is 17.1. The van der Waals surface area contributed by atoms with Crippen LogP contribution in [0.3, 0.4) is 0 Å². The molecule has 3 nitrogen and oxygen atoms in total. The van der Waals surface area contributed by atoms with E-state index in [9.17, 15) is 4.79 Å². The van der Waals surface area contributed by atoms with Crippen molar-refractivity contribution in [2.75, 3.05) is 13.6 Å². The van der Waals surface area contributed by atoms with Crippen LogP contribution in [-0.2, 0) is 4.79 Å². The molecule has 0 heterocycles. The highest BCUT2D eigenvalue weighted by Crippen LogP contribution is 2.15. The first-order chi connectivity index (χ1) is 6.15. The second kappa shape index (κ2) is 6.33.